The highest BCUT2D eigenvalue weighted by atomic mass is 35.5. The van der Waals surface area contributed by atoms with Crippen LogP contribution in [0.2, 0.25) is 6.04 Å². The summed E-state index contributed by atoms with van der Waals surface area (Å²) in [5.41, 5.74) is 6.47. The molecule has 0 bridgehead atoms. The minimum atomic E-state index is -0.181. The van der Waals surface area contributed by atoms with E-state index in [0.29, 0.717) is 0 Å². The largest absolute Gasteiger partial charge is 0.127 e. The van der Waals surface area contributed by atoms with Gasteiger partial charge < -0.3 is 0 Å². The Bertz CT molecular complexity index is 464. The quantitative estimate of drug-likeness (QED) is 0.422. The van der Waals surface area contributed by atoms with E-state index in [4.69, 9.17) is 11.6 Å². The minimum Gasteiger partial charge on any atom is -0.127 e. The molecule has 0 fully saturated rings. The zero-order chi connectivity index (χ0) is 13.3. The number of halogens is 1. The second-order valence-electron chi connectivity index (χ2n) is 4.53. The van der Waals surface area contributed by atoms with Gasteiger partial charge in [-0.2, -0.15) is 0 Å². The fourth-order valence-corrected chi connectivity index (χ4v) is 4.13. The summed E-state index contributed by atoms with van der Waals surface area (Å²) in [5, 5.41) is 0. The van der Waals surface area contributed by atoms with Gasteiger partial charge in [-0.25, -0.2) is 0 Å². The third kappa shape index (κ3) is 4.37. The molecule has 0 nitrogen and oxygen atoms in total. The van der Waals surface area contributed by atoms with Crippen molar-refractivity contribution >= 4 is 26.7 Å². The number of rotatable bonds is 6. The van der Waals surface area contributed by atoms with Crippen molar-refractivity contribution in [1.82, 2.24) is 0 Å². The van der Waals surface area contributed by atoms with Gasteiger partial charge in [0.05, 0.1) is 0 Å². The van der Waals surface area contributed by atoms with Gasteiger partial charge in [-0.15, -0.1) is 11.6 Å². The molecule has 2 aromatic carbocycles. The predicted molar refractivity (Wildman–Crippen MR) is 88.7 cm³/mol. The third-order valence-corrected chi connectivity index (χ3v) is 4.98. The maximum absolute atomic E-state index is 5.75. The van der Waals surface area contributed by atoms with Gasteiger partial charge in [-0.05, 0) is 23.1 Å². The molecule has 0 saturated heterocycles. The molecule has 0 radical (unpaired) electrons. The molecule has 0 aliphatic rings. The summed E-state index contributed by atoms with van der Waals surface area (Å²) in [6.45, 7) is 0. The fourth-order valence-electron chi connectivity index (χ4n) is 2.12. The van der Waals surface area contributed by atoms with Crippen molar-refractivity contribution in [3.63, 3.8) is 0 Å². The summed E-state index contributed by atoms with van der Waals surface area (Å²) >= 11 is 5.75. The van der Waals surface area contributed by atoms with Crippen LogP contribution < -0.4 is 0 Å². The van der Waals surface area contributed by atoms with Crippen molar-refractivity contribution < 1.29 is 0 Å². The average molecular weight is 287 g/mol. The highest BCUT2D eigenvalue weighted by Crippen LogP contribution is 2.22. The summed E-state index contributed by atoms with van der Waals surface area (Å²) < 4.78 is 0. The lowest BCUT2D eigenvalue weighted by molar-refractivity contribution is 1.09. The zero-order valence-electron chi connectivity index (χ0n) is 11.1. The second-order valence-corrected chi connectivity index (χ2v) is 6.61. The van der Waals surface area contributed by atoms with Crippen LogP contribution in [0.25, 0.3) is 5.57 Å². The van der Waals surface area contributed by atoms with E-state index < -0.39 is 0 Å². The van der Waals surface area contributed by atoms with Crippen LogP contribution in [0.15, 0.2) is 66.4 Å². The minimum absolute atomic E-state index is 0.181. The number of alkyl halides is 1. The molecule has 0 spiro atoms. The molecule has 98 valence electrons. The smallest absolute Gasteiger partial charge is 0.0462 e. The first-order valence-electron chi connectivity index (χ1n) is 6.79. The molecule has 0 N–H and O–H groups in total. The molecule has 0 saturated carbocycles. The molecule has 0 aliphatic carbocycles. The summed E-state index contributed by atoms with van der Waals surface area (Å²) in [6, 6.07) is 22.6. The Kier molecular flexibility index (Phi) is 5.92. The van der Waals surface area contributed by atoms with Crippen molar-refractivity contribution in [2.45, 2.75) is 12.5 Å². The van der Waals surface area contributed by atoms with E-state index in [0.717, 1.165) is 12.3 Å². The van der Waals surface area contributed by atoms with Crippen LogP contribution in [0.4, 0.5) is 0 Å². The molecular weight excluding hydrogens is 268 g/mol. The Morgan fingerprint density at radius 3 is 1.89 bits per heavy atom. The van der Waals surface area contributed by atoms with Crippen LogP contribution >= 0.6 is 11.6 Å². The van der Waals surface area contributed by atoms with Crippen LogP contribution in [0.1, 0.15) is 17.5 Å². The Balaban J connectivity index is 2.24. The second kappa shape index (κ2) is 7.98. The van der Waals surface area contributed by atoms with Gasteiger partial charge in [0.1, 0.15) is 0 Å². The van der Waals surface area contributed by atoms with Gasteiger partial charge in [0.25, 0.3) is 0 Å². The first kappa shape index (κ1) is 14.1. The molecule has 0 aliphatic heterocycles. The standard InChI is InChI=1S/C17H19ClSi/c18-12-7-13-19-14-17(15-8-3-1-4-9-15)16-10-5-2-6-11-16/h1-6,8-11,14H,7,12-13,19H2. The molecule has 0 aromatic heterocycles. The van der Waals surface area contributed by atoms with Crippen LogP contribution in [0, 0.1) is 0 Å². The SMILES string of the molecule is ClCCC[SiH2]C=C(c1ccccc1)c1ccccc1. The third-order valence-electron chi connectivity index (χ3n) is 3.11. The van der Waals surface area contributed by atoms with E-state index in [9.17, 15) is 0 Å². The molecule has 0 heterocycles. The Labute approximate surface area is 123 Å². The van der Waals surface area contributed by atoms with Gasteiger partial charge in [-0.1, -0.05) is 72.4 Å². The molecule has 2 heteroatoms. The fraction of sp³-hybridized carbons (Fsp3) is 0.176. The highest BCUT2D eigenvalue weighted by Gasteiger charge is 2.03. The maximum atomic E-state index is 5.75. The Hall–Kier alpha value is -1.31. The molecule has 0 unspecified atom stereocenters. The van der Waals surface area contributed by atoms with E-state index >= 15 is 0 Å². The molecule has 0 atom stereocenters. The van der Waals surface area contributed by atoms with E-state index in [1.807, 2.05) is 0 Å². The van der Waals surface area contributed by atoms with Crippen LogP contribution in [0.3, 0.4) is 0 Å². The summed E-state index contributed by atoms with van der Waals surface area (Å²) in [6.07, 6.45) is 1.14. The van der Waals surface area contributed by atoms with Crippen molar-refractivity contribution in [2.24, 2.45) is 0 Å². The lowest BCUT2D eigenvalue weighted by Crippen LogP contribution is -1.92. The molecular formula is C17H19ClSi. The van der Waals surface area contributed by atoms with Crippen LogP contribution in [-0.4, -0.2) is 15.4 Å². The van der Waals surface area contributed by atoms with E-state index in [1.54, 1.807) is 0 Å². The first-order valence-corrected chi connectivity index (χ1v) is 9.14. The highest BCUT2D eigenvalue weighted by molar-refractivity contribution is 6.44. The first-order chi connectivity index (χ1) is 9.42. The van der Waals surface area contributed by atoms with Gasteiger partial charge in [-0.3, -0.25) is 0 Å². The summed E-state index contributed by atoms with van der Waals surface area (Å²) in [7, 11) is -0.181. The Morgan fingerprint density at radius 1 is 0.895 bits per heavy atom. The van der Waals surface area contributed by atoms with Gasteiger partial charge >= 0.3 is 0 Å². The molecule has 0 amide bonds. The van der Waals surface area contributed by atoms with Crippen LogP contribution in [-0.2, 0) is 0 Å². The average Bonchev–Trinajstić information content (AvgIpc) is 2.49. The zero-order valence-corrected chi connectivity index (χ0v) is 13.2. The summed E-state index contributed by atoms with van der Waals surface area (Å²) in [4.78, 5) is 0. The monoisotopic (exact) mass is 286 g/mol. The van der Waals surface area contributed by atoms with Crippen LogP contribution in [0.5, 0.6) is 0 Å². The van der Waals surface area contributed by atoms with E-state index in [1.165, 1.54) is 22.7 Å². The van der Waals surface area contributed by atoms with E-state index in [-0.39, 0.29) is 9.52 Å². The van der Waals surface area contributed by atoms with Gasteiger partial charge in [0, 0.05) is 15.4 Å². The van der Waals surface area contributed by atoms with Crippen molar-refractivity contribution in [2.75, 3.05) is 5.88 Å². The van der Waals surface area contributed by atoms with Crippen molar-refractivity contribution in [3.05, 3.63) is 77.5 Å². The number of benzene rings is 2. The number of hydrogen-bond donors (Lipinski definition) is 0. The Morgan fingerprint density at radius 2 is 1.42 bits per heavy atom. The lowest BCUT2D eigenvalue weighted by atomic mass is 10.00. The number of hydrogen-bond acceptors (Lipinski definition) is 0. The van der Waals surface area contributed by atoms with E-state index in [2.05, 4.69) is 66.4 Å². The maximum Gasteiger partial charge on any atom is 0.0462 e. The van der Waals surface area contributed by atoms with Crippen molar-refractivity contribution in [3.8, 4) is 0 Å². The van der Waals surface area contributed by atoms with Gasteiger partial charge in [0.15, 0.2) is 0 Å². The molecule has 2 rings (SSSR count). The predicted octanol–water partition coefficient (Wildman–Crippen LogP) is 4.29. The van der Waals surface area contributed by atoms with Gasteiger partial charge in [0.2, 0.25) is 0 Å². The molecule has 19 heavy (non-hydrogen) atoms. The normalized spacial score (nSPS) is 10.8. The van der Waals surface area contributed by atoms with Crippen molar-refractivity contribution in [1.29, 1.82) is 0 Å². The summed E-state index contributed by atoms with van der Waals surface area (Å²) in [5.74, 6) is 0.785. The topological polar surface area (TPSA) is 0 Å². The lowest BCUT2D eigenvalue weighted by Gasteiger charge is -2.08. The molecule has 2 aromatic rings.